The lowest BCUT2D eigenvalue weighted by Crippen LogP contribution is -2.24. The molecule has 0 amide bonds. The summed E-state index contributed by atoms with van der Waals surface area (Å²) in [5.74, 6) is -0.280. The van der Waals surface area contributed by atoms with Gasteiger partial charge in [0.25, 0.3) is 0 Å². The van der Waals surface area contributed by atoms with E-state index in [1.54, 1.807) is 23.5 Å². The van der Waals surface area contributed by atoms with Crippen LogP contribution in [0.2, 0.25) is 0 Å². The third kappa shape index (κ3) is 3.82. The van der Waals surface area contributed by atoms with Crippen LogP contribution in [-0.4, -0.2) is 4.57 Å². The van der Waals surface area contributed by atoms with E-state index >= 15 is 0 Å². The number of aryl methyl sites for hydroxylation is 1. The number of benzene rings is 6. The van der Waals surface area contributed by atoms with Crippen LogP contribution in [0.25, 0.3) is 59.1 Å². The van der Waals surface area contributed by atoms with Crippen molar-refractivity contribution in [2.45, 2.75) is 32.8 Å². The molecule has 3 heterocycles. The van der Waals surface area contributed by atoms with Gasteiger partial charge in [0.1, 0.15) is 16.3 Å². The van der Waals surface area contributed by atoms with Gasteiger partial charge in [-0.15, -0.1) is 11.3 Å². The van der Waals surface area contributed by atoms with Gasteiger partial charge < -0.3 is 9.30 Å². The van der Waals surface area contributed by atoms with E-state index in [1.165, 1.54) is 48.5 Å². The Morgan fingerprint density at radius 1 is 0.696 bits per heavy atom. The van der Waals surface area contributed by atoms with E-state index in [9.17, 15) is 0 Å². The summed E-state index contributed by atoms with van der Waals surface area (Å²) in [6, 6.07) is 36.7. The molecular formula is C43H33NOS. The van der Waals surface area contributed by atoms with Crippen molar-refractivity contribution in [2.24, 2.45) is 0 Å². The normalized spacial score (nSPS) is 18.5. The molecule has 0 fully saturated rings. The van der Waals surface area contributed by atoms with Crippen LogP contribution < -0.4 is 4.74 Å². The van der Waals surface area contributed by atoms with Crippen LogP contribution in [0.5, 0.6) is 11.5 Å². The van der Waals surface area contributed by atoms with Crippen LogP contribution >= 0.6 is 11.3 Å². The van der Waals surface area contributed by atoms with E-state index in [0.717, 1.165) is 36.9 Å². The van der Waals surface area contributed by atoms with Crippen LogP contribution in [0.15, 0.2) is 127 Å². The molecule has 2 aromatic heterocycles. The van der Waals surface area contributed by atoms with Crippen LogP contribution in [0.3, 0.4) is 0 Å². The Hall–Kier alpha value is -5.12. The molecule has 0 saturated heterocycles. The highest BCUT2D eigenvalue weighted by Gasteiger charge is 2.35. The quantitative estimate of drug-likeness (QED) is 0.191. The minimum atomic E-state index is -3.16. The van der Waals surface area contributed by atoms with Gasteiger partial charge in [-0.3, -0.25) is 0 Å². The number of ether oxygens (including phenoxy) is 1. The maximum Gasteiger partial charge on any atom is 0.139 e. The summed E-state index contributed by atoms with van der Waals surface area (Å²) in [5, 5.41) is 3.29. The Kier molecular flexibility index (Phi) is 3.79. The first kappa shape index (κ1) is 17.5. The van der Waals surface area contributed by atoms with E-state index in [-0.39, 0.29) is 50.4 Å². The summed E-state index contributed by atoms with van der Waals surface area (Å²) in [6.07, 6.45) is 0. The van der Waals surface area contributed by atoms with Crippen molar-refractivity contribution in [1.82, 2.24) is 4.57 Å². The Balaban J connectivity index is 1.35. The van der Waals surface area contributed by atoms with Crippen molar-refractivity contribution in [2.75, 3.05) is 0 Å². The third-order valence-corrected chi connectivity index (χ3v) is 10.2. The zero-order chi connectivity index (χ0) is 41.2. The minimum absolute atomic E-state index is 0.0454. The molecular weight excluding hydrogens is 579 g/mol. The van der Waals surface area contributed by atoms with E-state index in [0.29, 0.717) is 5.56 Å². The highest BCUT2D eigenvalue weighted by molar-refractivity contribution is 7.25. The zero-order valence-corrected chi connectivity index (χ0v) is 25.2. The monoisotopic (exact) mass is 623 g/mol. The lowest BCUT2D eigenvalue weighted by molar-refractivity contribution is 0.419. The summed E-state index contributed by atoms with van der Waals surface area (Å²) in [7, 11) is 0. The van der Waals surface area contributed by atoms with E-state index in [2.05, 4.69) is 22.8 Å². The van der Waals surface area contributed by atoms with Gasteiger partial charge in [-0.25, -0.2) is 0 Å². The van der Waals surface area contributed by atoms with Crippen molar-refractivity contribution in [1.29, 1.82) is 0 Å². The highest BCUT2D eigenvalue weighted by atomic mass is 32.1. The van der Waals surface area contributed by atoms with Gasteiger partial charge in [-0.05, 0) is 71.9 Å². The standard InChI is InChI=1S/C43H33NOS/c1-26-23-24-30(27(2)39(26)33-17-12-19-35-41(33)45-37-21-9-7-18-34(37)43(35,3)4)28-13-11-14-29(25-28)44-36-20-8-5-15-31(36)40-32-16-6-10-22-38(32)46-42(40)44/h5-25H,1-4H3/i1D3,2D3,3D3,4D3. The Labute approximate surface area is 290 Å². The number of para-hydroxylation sites is 3. The molecule has 8 aromatic rings. The second kappa shape index (κ2) is 9.94. The highest BCUT2D eigenvalue weighted by Crippen LogP contribution is 2.52. The number of hydrogen-bond donors (Lipinski definition) is 0. The molecule has 0 saturated carbocycles. The molecule has 0 radical (unpaired) electrons. The number of nitrogens with zero attached hydrogens (tertiary/aromatic N) is 1. The van der Waals surface area contributed by atoms with Gasteiger partial charge in [0.2, 0.25) is 0 Å². The number of hydrogen-bond acceptors (Lipinski definition) is 2. The molecule has 3 heteroatoms. The topological polar surface area (TPSA) is 14.2 Å². The van der Waals surface area contributed by atoms with Crippen molar-refractivity contribution < 1.29 is 21.2 Å². The van der Waals surface area contributed by atoms with Gasteiger partial charge in [0.15, 0.2) is 0 Å². The Morgan fingerprint density at radius 2 is 1.50 bits per heavy atom. The molecule has 222 valence electrons. The molecule has 0 unspecified atom stereocenters. The summed E-state index contributed by atoms with van der Waals surface area (Å²) in [6.45, 7) is -12.1. The van der Waals surface area contributed by atoms with E-state index in [1.807, 2.05) is 48.5 Å². The van der Waals surface area contributed by atoms with Gasteiger partial charge in [-0.2, -0.15) is 0 Å². The van der Waals surface area contributed by atoms with Gasteiger partial charge >= 0.3 is 0 Å². The van der Waals surface area contributed by atoms with E-state index < -0.39 is 32.8 Å². The third-order valence-electron chi connectivity index (χ3n) is 9.01. The summed E-state index contributed by atoms with van der Waals surface area (Å²) in [5.41, 5.74) is -1.36. The predicted molar refractivity (Wildman–Crippen MR) is 195 cm³/mol. The maximum atomic E-state index is 8.98. The lowest BCUT2D eigenvalue weighted by atomic mass is 9.74. The predicted octanol–water partition coefficient (Wildman–Crippen LogP) is 12.4. The average molecular weight is 624 g/mol. The molecule has 6 aromatic carbocycles. The Bertz CT molecular complexity index is 2930. The van der Waals surface area contributed by atoms with Crippen LogP contribution in [-0.2, 0) is 5.41 Å². The largest absolute Gasteiger partial charge is 0.456 e. The lowest BCUT2D eigenvalue weighted by Gasteiger charge is -2.35. The van der Waals surface area contributed by atoms with Crippen molar-refractivity contribution in [3.63, 3.8) is 0 Å². The smallest absolute Gasteiger partial charge is 0.139 e. The van der Waals surface area contributed by atoms with Crippen LogP contribution in [0.4, 0.5) is 0 Å². The first-order chi connectivity index (χ1) is 27.3. The molecule has 0 N–H and O–H groups in total. The SMILES string of the molecule is [2H]C([2H])([2H])c1ccc(-c2cccc(-n3c4ccccc4c4c5ccccc5sc43)c2)c(C([2H])([2H])[2H])c1-c1cccc2c1Oc1ccccc1C2(C([2H])([2H])[2H])C([2H])([2H])[2H]. The molecule has 0 atom stereocenters. The second-order valence-corrected chi connectivity index (χ2v) is 12.7. The molecule has 0 aliphatic carbocycles. The average Bonchev–Trinajstić information content (AvgIpc) is 3.69. The first-order valence-corrected chi connectivity index (χ1v) is 15.8. The number of aromatic nitrogens is 1. The molecule has 46 heavy (non-hydrogen) atoms. The Morgan fingerprint density at radius 3 is 2.39 bits per heavy atom. The molecule has 0 spiro atoms. The van der Waals surface area contributed by atoms with Crippen molar-refractivity contribution in [3.8, 4) is 39.4 Å². The van der Waals surface area contributed by atoms with Crippen molar-refractivity contribution in [3.05, 3.63) is 150 Å². The van der Waals surface area contributed by atoms with Gasteiger partial charge in [0.05, 0.1) is 5.52 Å². The fourth-order valence-corrected chi connectivity index (χ4v) is 8.14. The van der Waals surface area contributed by atoms with Crippen molar-refractivity contribution >= 4 is 42.5 Å². The molecule has 1 aliphatic rings. The molecule has 2 nitrogen and oxygen atoms in total. The number of fused-ring (bicyclic) bond motifs is 7. The van der Waals surface area contributed by atoms with Crippen LogP contribution in [0.1, 0.15) is 52.4 Å². The minimum Gasteiger partial charge on any atom is -0.456 e. The summed E-state index contributed by atoms with van der Waals surface area (Å²) < 4.78 is 115. The zero-order valence-electron chi connectivity index (χ0n) is 36.4. The summed E-state index contributed by atoms with van der Waals surface area (Å²) >= 11 is 1.65. The molecule has 1 aliphatic heterocycles. The van der Waals surface area contributed by atoms with Crippen LogP contribution in [0, 0.1) is 13.7 Å². The molecule has 9 rings (SSSR count). The number of thiophene rings is 1. The van der Waals surface area contributed by atoms with Gasteiger partial charge in [0, 0.05) is 65.1 Å². The summed E-state index contributed by atoms with van der Waals surface area (Å²) in [4.78, 5) is 1.01. The number of rotatable bonds is 3. The molecule has 0 bridgehead atoms. The fourth-order valence-electron chi connectivity index (χ4n) is 6.89. The second-order valence-electron chi connectivity index (χ2n) is 11.6. The maximum absolute atomic E-state index is 8.98. The van der Waals surface area contributed by atoms with E-state index in [4.69, 9.17) is 21.2 Å². The first-order valence-electron chi connectivity index (χ1n) is 20.9. The fraction of sp³-hybridized carbons (Fsp3) is 0.116. The van der Waals surface area contributed by atoms with Gasteiger partial charge in [-0.1, -0.05) is 111 Å².